The van der Waals surface area contributed by atoms with Crippen LogP contribution in [0.4, 0.5) is 10.1 Å². The minimum atomic E-state index is -0.690. The van der Waals surface area contributed by atoms with Crippen LogP contribution >= 0.6 is 11.3 Å². The average molecular weight is 396 g/mol. The van der Waals surface area contributed by atoms with Gasteiger partial charge in [0.2, 0.25) is 0 Å². The molecule has 0 N–H and O–H groups in total. The van der Waals surface area contributed by atoms with Gasteiger partial charge in [-0.2, -0.15) is 0 Å². The van der Waals surface area contributed by atoms with E-state index < -0.39 is 12.6 Å². The summed E-state index contributed by atoms with van der Waals surface area (Å²) >= 11 is 1.24. The Morgan fingerprint density at radius 2 is 1.86 bits per heavy atom. The van der Waals surface area contributed by atoms with Gasteiger partial charge in [0.25, 0.3) is 5.91 Å². The third-order valence-corrected chi connectivity index (χ3v) is 4.70. The summed E-state index contributed by atoms with van der Waals surface area (Å²) in [4.78, 5) is 30.4. The van der Waals surface area contributed by atoms with Gasteiger partial charge in [0.05, 0.1) is 0 Å². The van der Waals surface area contributed by atoms with Crippen molar-refractivity contribution in [2.75, 3.05) is 18.1 Å². The number of benzene rings is 2. The first-order valence-corrected chi connectivity index (χ1v) is 9.31. The van der Waals surface area contributed by atoms with Crippen LogP contribution in [0.2, 0.25) is 0 Å². The summed E-state index contributed by atoms with van der Waals surface area (Å²) < 4.78 is 18.1. The molecule has 28 heavy (non-hydrogen) atoms. The molecule has 1 amide bonds. The number of halogens is 1. The molecular formula is C21H17FN2O3S. The van der Waals surface area contributed by atoms with Crippen LogP contribution in [0.3, 0.4) is 0 Å². The summed E-state index contributed by atoms with van der Waals surface area (Å²) in [5.74, 6) is -1.40. The molecule has 0 aliphatic heterocycles. The molecule has 0 aliphatic carbocycles. The number of nitrogens with zero attached hydrogens (tertiary/aromatic N) is 2. The van der Waals surface area contributed by atoms with Crippen LogP contribution in [-0.4, -0.2) is 30.0 Å². The van der Waals surface area contributed by atoms with Crippen molar-refractivity contribution in [1.82, 2.24) is 4.98 Å². The Morgan fingerprint density at radius 1 is 1.14 bits per heavy atom. The number of ether oxygens (including phenoxy) is 1. The fraction of sp³-hybridized carbons (Fsp3) is 0.0952. The largest absolute Gasteiger partial charge is 0.451 e. The fourth-order valence-electron chi connectivity index (χ4n) is 2.46. The molecule has 2 aromatic carbocycles. The van der Waals surface area contributed by atoms with Crippen molar-refractivity contribution in [3.05, 3.63) is 84.1 Å². The number of anilines is 1. The van der Waals surface area contributed by atoms with Crippen molar-refractivity contribution >= 4 is 28.9 Å². The van der Waals surface area contributed by atoms with E-state index in [2.05, 4.69) is 11.6 Å². The molecular weight excluding hydrogens is 379 g/mol. The number of esters is 1. The van der Waals surface area contributed by atoms with Crippen LogP contribution in [0.5, 0.6) is 0 Å². The Balaban J connectivity index is 1.64. The van der Waals surface area contributed by atoms with Crippen LogP contribution < -0.4 is 4.90 Å². The first-order valence-electron chi connectivity index (χ1n) is 8.43. The maximum atomic E-state index is 13.0. The fourth-order valence-corrected chi connectivity index (χ4v) is 3.26. The topological polar surface area (TPSA) is 59.5 Å². The molecule has 3 rings (SSSR count). The lowest BCUT2D eigenvalue weighted by Crippen LogP contribution is -2.34. The molecule has 0 saturated carbocycles. The number of carbonyl (C=O) groups is 2. The number of hydrogen-bond donors (Lipinski definition) is 0. The van der Waals surface area contributed by atoms with Gasteiger partial charge in [-0.1, -0.05) is 24.3 Å². The van der Waals surface area contributed by atoms with Crippen molar-refractivity contribution in [2.24, 2.45) is 0 Å². The highest BCUT2D eigenvalue weighted by molar-refractivity contribution is 7.13. The maximum Gasteiger partial charge on any atom is 0.358 e. The first kappa shape index (κ1) is 19.4. The monoisotopic (exact) mass is 396 g/mol. The van der Waals surface area contributed by atoms with E-state index in [1.54, 1.807) is 35.7 Å². The summed E-state index contributed by atoms with van der Waals surface area (Å²) in [6.07, 6.45) is 1.60. The number of amides is 1. The molecule has 3 aromatic rings. The minimum Gasteiger partial charge on any atom is -0.451 e. The molecule has 5 nitrogen and oxygen atoms in total. The van der Waals surface area contributed by atoms with Gasteiger partial charge in [0.15, 0.2) is 12.3 Å². The minimum absolute atomic E-state index is 0.104. The molecule has 0 spiro atoms. The van der Waals surface area contributed by atoms with E-state index in [-0.39, 0.29) is 17.4 Å². The molecule has 0 fully saturated rings. The molecule has 1 aromatic heterocycles. The van der Waals surface area contributed by atoms with Crippen LogP contribution in [-0.2, 0) is 9.53 Å². The third-order valence-electron chi connectivity index (χ3n) is 3.81. The zero-order valence-electron chi connectivity index (χ0n) is 14.9. The number of thiazole rings is 1. The highest BCUT2D eigenvalue weighted by Gasteiger charge is 2.19. The molecule has 0 atom stereocenters. The Kier molecular flexibility index (Phi) is 6.29. The van der Waals surface area contributed by atoms with Gasteiger partial charge in [0, 0.05) is 23.2 Å². The molecule has 0 saturated heterocycles. The first-order chi connectivity index (χ1) is 13.6. The zero-order chi connectivity index (χ0) is 19.9. The Bertz CT molecular complexity index is 971. The summed E-state index contributed by atoms with van der Waals surface area (Å²) in [7, 11) is 0. The van der Waals surface area contributed by atoms with E-state index in [1.807, 2.05) is 18.2 Å². The predicted octanol–water partition coefficient (Wildman–Crippen LogP) is 4.33. The van der Waals surface area contributed by atoms with Crippen molar-refractivity contribution in [1.29, 1.82) is 0 Å². The second kappa shape index (κ2) is 9.05. The van der Waals surface area contributed by atoms with Gasteiger partial charge in [-0.25, -0.2) is 14.2 Å². The second-order valence-corrected chi connectivity index (χ2v) is 6.61. The molecule has 142 valence electrons. The van der Waals surface area contributed by atoms with Crippen LogP contribution in [0, 0.1) is 5.82 Å². The molecule has 0 aliphatic rings. The van der Waals surface area contributed by atoms with E-state index in [9.17, 15) is 14.0 Å². The number of para-hydroxylation sites is 1. The van der Waals surface area contributed by atoms with Crippen LogP contribution in [0.25, 0.3) is 10.6 Å². The van der Waals surface area contributed by atoms with Gasteiger partial charge in [-0.15, -0.1) is 17.9 Å². The number of hydrogen-bond acceptors (Lipinski definition) is 5. The summed E-state index contributed by atoms with van der Waals surface area (Å²) in [5.41, 5.74) is 1.49. The standard InChI is InChI=1S/C21H17FN2O3S/c1-2-12-24(17-6-4-3-5-7-17)19(25)13-27-21(26)18-14-28-20(23-18)15-8-10-16(22)11-9-15/h2-11,14H,1,12-13H2. The van der Waals surface area contributed by atoms with Gasteiger partial charge < -0.3 is 9.64 Å². The number of aromatic nitrogens is 1. The summed E-state index contributed by atoms with van der Waals surface area (Å²) in [5, 5.41) is 2.11. The SMILES string of the molecule is C=CCN(C(=O)COC(=O)c1csc(-c2ccc(F)cc2)n1)c1ccccc1. The molecule has 1 heterocycles. The Labute approximate surface area is 165 Å². The van der Waals surface area contributed by atoms with E-state index in [1.165, 1.54) is 28.4 Å². The predicted molar refractivity (Wildman–Crippen MR) is 107 cm³/mol. The van der Waals surface area contributed by atoms with Gasteiger partial charge in [-0.05, 0) is 36.4 Å². The van der Waals surface area contributed by atoms with Crippen molar-refractivity contribution < 1.29 is 18.7 Å². The van der Waals surface area contributed by atoms with Gasteiger partial charge in [0.1, 0.15) is 10.8 Å². The lowest BCUT2D eigenvalue weighted by atomic mass is 10.2. The van der Waals surface area contributed by atoms with E-state index >= 15 is 0 Å². The molecule has 0 bridgehead atoms. The summed E-state index contributed by atoms with van der Waals surface area (Å²) in [6, 6.07) is 14.9. The summed E-state index contributed by atoms with van der Waals surface area (Å²) in [6.45, 7) is 3.54. The highest BCUT2D eigenvalue weighted by Crippen LogP contribution is 2.24. The average Bonchev–Trinajstić information content (AvgIpc) is 3.21. The number of rotatable bonds is 7. The van der Waals surface area contributed by atoms with Crippen LogP contribution in [0.1, 0.15) is 10.5 Å². The number of carbonyl (C=O) groups excluding carboxylic acids is 2. The quantitative estimate of drug-likeness (QED) is 0.441. The maximum absolute atomic E-state index is 13.0. The zero-order valence-corrected chi connectivity index (χ0v) is 15.7. The molecule has 0 radical (unpaired) electrons. The Morgan fingerprint density at radius 3 is 2.54 bits per heavy atom. The molecule has 0 unspecified atom stereocenters. The van der Waals surface area contributed by atoms with E-state index in [4.69, 9.17) is 4.74 Å². The van der Waals surface area contributed by atoms with Crippen molar-refractivity contribution in [3.63, 3.8) is 0 Å². The van der Waals surface area contributed by atoms with E-state index in [0.717, 1.165) is 0 Å². The lowest BCUT2D eigenvalue weighted by Gasteiger charge is -2.20. The van der Waals surface area contributed by atoms with Gasteiger partial charge >= 0.3 is 5.97 Å². The highest BCUT2D eigenvalue weighted by atomic mass is 32.1. The van der Waals surface area contributed by atoms with Crippen molar-refractivity contribution in [2.45, 2.75) is 0 Å². The van der Waals surface area contributed by atoms with Gasteiger partial charge in [-0.3, -0.25) is 4.79 Å². The lowest BCUT2D eigenvalue weighted by molar-refractivity contribution is -0.121. The second-order valence-electron chi connectivity index (χ2n) is 5.75. The third kappa shape index (κ3) is 4.69. The molecule has 7 heteroatoms. The van der Waals surface area contributed by atoms with E-state index in [0.29, 0.717) is 22.8 Å². The van der Waals surface area contributed by atoms with Crippen molar-refractivity contribution in [3.8, 4) is 10.6 Å². The van der Waals surface area contributed by atoms with Crippen LogP contribution in [0.15, 0.2) is 72.6 Å². The smallest absolute Gasteiger partial charge is 0.358 e. The normalized spacial score (nSPS) is 10.3. The Hall–Kier alpha value is -3.32.